The molecule has 0 radical (unpaired) electrons. The molecule has 2 heterocycles. The molecule has 2 aromatic heterocycles. The van der Waals surface area contributed by atoms with Crippen LogP contribution in [0.1, 0.15) is 25.8 Å². The van der Waals surface area contributed by atoms with Crippen molar-refractivity contribution >= 4 is 39.2 Å². The van der Waals surface area contributed by atoms with E-state index >= 15 is 0 Å². The molecule has 2 rings (SSSR count). The van der Waals surface area contributed by atoms with Gasteiger partial charge in [0.15, 0.2) is 0 Å². The van der Waals surface area contributed by atoms with E-state index in [2.05, 4.69) is 20.7 Å². The second kappa shape index (κ2) is 6.03. The Morgan fingerprint density at radius 3 is 2.74 bits per heavy atom. The van der Waals surface area contributed by atoms with Gasteiger partial charge < -0.3 is 13.9 Å². The summed E-state index contributed by atoms with van der Waals surface area (Å²) in [6.45, 7) is -0.0463. The van der Waals surface area contributed by atoms with Crippen LogP contribution in [0.25, 0.3) is 0 Å². The second-order valence-corrected chi connectivity index (χ2v) is 5.91. The van der Waals surface area contributed by atoms with Gasteiger partial charge in [-0.2, -0.15) is 0 Å². The molecule has 0 aromatic carbocycles. The predicted octanol–water partition coefficient (Wildman–Crippen LogP) is 3.25. The Morgan fingerprint density at radius 2 is 2.11 bits per heavy atom. The van der Waals surface area contributed by atoms with Crippen molar-refractivity contribution in [3.63, 3.8) is 0 Å². The highest BCUT2D eigenvalue weighted by molar-refractivity contribution is 9.11. The number of hydrogen-bond acceptors (Lipinski definition) is 6. The lowest BCUT2D eigenvalue weighted by molar-refractivity contribution is 0.0458. The van der Waals surface area contributed by atoms with Gasteiger partial charge in [0.1, 0.15) is 11.5 Å². The Morgan fingerprint density at radius 1 is 1.32 bits per heavy atom. The number of carbonyl (C=O) groups excluding carboxylic acids is 2. The van der Waals surface area contributed by atoms with Crippen molar-refractivity contribution in [3.8, 4) is 0 Å². The third-order valence-electron chi connectivity index (χ3n) is 2.25. The van der Waals surface area contributed by atoms with Crippen molar-refractivity contribution in [2.75, 3.05) is 7.11 Å². The number of rotatable bonds is 4. The Bertz CT molecular complexity index is 601. The number of esters is 2. The minimum absolute atomic E-state index is 0.0441. The highest BCUT2D eigenvalue weighted by atomic mass is 79.9. The fraction of sp³-hybridized carbons (Fsp3) is 0.167. The third kappa shape index (κ3) is 3.24. The summed E-state index contributed by atoms with van der Waals surface area (Å²) in [5.74, 6) is -1.01. The first-order chi connectivity index (χ1) is 9.11. The highest BCUT2D eigenvalue weighted by Crippen LogP contribution is 2.23. The summed E-state index contributed by atoms with van der Waals surface area (Å²) < 4.78 is 15.5. The molecule has 2 aromatic rings. The molecule has 0 atom stereocenters. The highest BCUT2D eigenvalue weighted by Gasteiger charge is 2.18. The van der Waals surface area contributed by atoms with Crippen LogP contribution in [-0.4, -0.2) is 19.0 Å². The summed E-state index contributed by atoms with van der Waals surface area (Å²) in [6, 6.07) is 4.98. The first-order valence-electron chi connectivity index (χ1n) is 5.19. The van der Waals surface area contributed by atoms with E-state index in [0.717, 1.165) is 3.79 Å². The van der Waals surface area contributed by atoms with Crippen LogP contribution in [0.4, 0.5) is 0 Å². The van der Waals surface area contributed by atoms with Gasteiger partial charge in [0.2, 0.25) is 5.76 Å². The number of hydrogen-bond donors (Lipinski definition) is 0. The standard InChI is InChI=1S/C12H9BrO5S/c1-16-12(15)10-7(4-5-17-10)6-18-11(14)8-2-3-9(13)19-8/h2-5H,6H2,1H3. The van der Waals surface area contributed by atoms with Gasteiger partial charge >= 0.3 is 11.9 Å². The lowest BCUT2D eigenvalue weighted by Crippen LogP contribution is -2.07. The van der Waals surface area contributed by atoms with Crippen LogP contribution in [0.15, 0.2) is 32.7 Å². The van der Waals surface area contributed by atoms with E-state index < -0.39 is 11.9 Å². The minimum Gasteiger partial charge on any atom is -0.463 e. The Hall–Kier alpha value is -1.60. The molecule has 19 heavy (non-hydrogen) atoms. The van der Waals surface area contributed by atoms with Crippen LogP contribution in [0.2, 0.25) is 0 Å². The van der Waals surface area contributed by atoms with Gasteiger partial charge in [0.05, 0.1) is 17.2 Å². The monoisotopic (exact) mass is 344 g/mol. The smallest absolute Gasteiger partial charge is 0.374 e. The van der Waals surface area contributed by atoms with Gasteiger partial charge in [-0.05, 0) is 34.1 Å². The van der Waals surface area contributed by atoms with Crippen molar-refractivity contribution in [1.29, 1.82) is 0 Å². The molecular formula is C12H9BrO5S. The van der Waals surface area contributed by atoms with Crippen LogP contribution in [0, 0.1) is 0 Å². The SMILES string of the molecule is COC(=O)c1occc1COC(=O)c1ccc(Br)s1. The summed E-state index contributed by atoms with van der Waals surface area (Å²) >= 11 is 4.54. The molecule has 0 N–H and O–H groups in total. The average Bonchev–Trinajstić information content (AvgIpc) is 3.03. The van der Waals surface area contributed by atoms with Gasteiger partial charge in [-0.1, -0.05) is 0 Å². The van der Waals surface area contributed by atoms with Crippen LogP contribution < -0.4 is 0 Å². The van der Waals surface area contributed by atoms with Crippen LogP contribution in [0.5, 0.6) is 0 Å². The molecule has 0 spiro atoms. The van der Waals surface area contributed by atoms with E-state index in [1.807, 2.05) is 0 Å². The third-order valence-corrected chi connectivity index (χ3v) is 3.85. The Balaban J connectivity index is 2.01. The average molecular weight is 345 g/mol. The largest absolute Gasteiger partial charge is 0.463 e. The van der Waals surface area contributed by atoms with Crippen LogP contribution in [0.3, 0.4) is 0 Å². The van der Waals surface area contributed by atoms with E-state index in [4.69, 9.17) is 9.15 Å². The normalized spacial score (nSPS) is 10.2. The molecule has 5 nitrogen and oxygen atoms in total. The zero-order valence-electron chi connectivity index (χ0n) is 9.84. The summed E-state index contributed by atoms with van der Waals surface area (Å²) in [5.41, 5.74) is 0.468. The quantitative estimate of drug-likeness (QED) is 0.796. The number of furan rings is 1. The zero-order chi connectivity index (χ0) is 13.8. The van der Waals surface area contributed by atoms with Gasteiger partial charge in [-0.15, -0.1) is 11.3 Å². The van der Waals surface area contributed by atoms with E-state index in [9.17, 15) is 9.59 Å². The molecule has 0 bridgehead atoms. The molecule has 100 valence electrons. The molecule has 0 fully saturated rings. The number of carbonyl (C=O) groups is 2. The summed E-state index contributed by atoms with van der Waals surface area (Å²) in [7, 11) is 1.25. The number of ether oxygens (including phenoxy) is 2. The van der Waals surface area contributed by atoms with Crippen LogP contribution in [-0.2, 0) is 16.1 Å². The van der Waals surface area contributed by atoms with Crippen molar-refractivity contribution in [2.24, 2.45) is 0 Å². The molecule has 0 saturated heterocycles. The van der Waals surface area contributed by atoms with E-state index in [0.29, 0.717) is 10.4 Å². The molecule has 0 amide bonds. The summed E-state index contributed by atoms with van der Waals surface area (Å²) in [4.78, 5) is 23.6. The van der Waals surface area contributed by atoms with E-state index in [-0.39, 0.29) is 12.4 Å². The summed E-state index contributed by atoms with van der Waals surface area (Å²) in [5, 5.41) is 0. The molecular weight excluding hydrogens is 336 g/mol. The lowest BCUT2D eigenvalue weighted by Gasteiger charge is -2.03. The van der Waals surface area contributed by atoms with E-state index in [1.165, 1.54) is 24.7 Å². The second-order valence-electron chi connectivity index (χ2n) is 3.45. The maximum Gasteiger partial charge on any atom is 0.374 e. The minimum atomic E-state index is -0.602. The molecule has 0 unspecified atom stereocenters. The summed E-state index contributed by atoms with van der Waals surface area (Å²) in [6.07, 6.45) is 1.34. The molecule has 0 aliphatic carbocycles. The molecule has 7 heteroatoms. The van der Waals surface area contributed by atoms with Gasteiger partial charge in [-0.3, -0.25) is 0 Å². The topological polar surface area (TPSA) is 65.7 Å². The first-order valence-corrected chi connectivity index (χ1v) is 6.80. The van der Waals surface area contributed by atoms with Crippen molar-refractivity contribution < 1.29 is 23.5 Å². The fourth-order valence-electron chi connectivity index (χ4n) is 1.36. The predicted molar refractivity (Wildman–Crippen MR) is 71.2 cm³/mol. The van der Waals surface area contributed by atoms with E-state index in [1.54, 1.807) is 18.2 Å². The number of methoxy groups -OCH3 is 1. The molecule has 0 aliphatic heterocycles. The maximum atomic E-state index is 11.7. The lowest BCUT2D eigenvalue weighted by atomic mass is 10.2. The Labute approximate surface area is 121 Å². The van der Waals surface area contributed by atoms with Crippen molar-refractivity contribution in [2.45, 2.75) is 6.61 Å². The molecule has 0 aliphatic rings. The molecule has 0 saturated carbocycles. The van der Waals surface area contributed by atoms with Gasteiger partial charge in [-0.25, -0.2) is 9.59 Å². The van der Waals surface area contributed by atoms with Gasteiger partial charge in [0, 0.05) is 5.56 Å². The maximum absolute atomic E-state index is 11.7. The number of thiophene rings is 1. The van der Waals surface area contributed by atoms with Crippen LogP contribution >= 0.6 is 27.3 Å². The zero-order valence-corrected chi connectivity index (χ0v) is 12.2. The number of halogens is 1. The Kier molecular flexibility index (Phi) is 4.39. The first kappa shape index (κ1) is 13.8. The van der Waals surface area contributed by atoms with Gasteiger partial charge in [0.25, 0.3) is 0 Å². The fourth-order valence-corrected chi connectivity index (χ4v) is 2.64. The van der Waals surface area contributed by atoms with Crippen molar-refractivity contribution in [3.05, 3.63) is 44.4 Å². The van der Waals surface area contributed by atoms with Crippen molar-refractivity contribution in [1.82, 2.24) is 0 Å².